The van der Waals surface area contributed by atoms with Crippen molar-refractivity contribution in [2.24, 2.45) is 10.8 Å². The maximum absolute atomic E-state index is 11.6. The highest BCUT2D eigenvalue weighted by Crippen LogP contribution is 2.50. The number of hydrogen-bond donors (Lipinski definition) is 0. The van der Waals surface area contributed by atoms with Crippen LogP contribution in [0.15, 0.2) is 0 Å². The Morgan fingerprint density at radius 2 is 0.568 bits per heavy atom. The fourth-order valence-electron chi connectivity index (χ4n) is 0.485. The summed E-state index contributed by atoms with van der Waals surface area (Å²) in [6.07, 6.45) is -21.0. The Hall–Kier alpha value is -1.10. The lowest BCUT2D eigenvalue weighted by atomic mass is 9.92. The molecule has 37 heavy (non-hydrogen) atoms. The number of alkyl halides is 15. The van der Waals surface area contributed by atoms with Gasteiger partial charge in [-0.2, -0.15) is 65.9 Å². The molecule has 234 valence electrons. The summed E-state index contributed by atoms with van der Waals surface area (Å²) in [5, 5.41) is 0. The summed E-state index contributed by atoms with van der Waals surface area (Å²) >= 11 is 0. The van der Waals surface area contributed by atoms with Crippen molar-refractivity contribution in [2.75, 3.05) is 5.75 Å². The minimum absolute atomic E-state index is 0.104. The van der Waals surface area contributed by atoms with E-state index in [9.17, 15) is 74.3 Å². The van der Waals surface area contributed by atoms with Gasteiger partial charge in [-0.3, -0.25) is 0 Å². The summed E-state index contributed by atoms with van der Waals surface area (Å²) in [4.78, 5) is 0. The van der Waals surface area contributed by atoms with E-state index in [-0.39, 0.29) is 27.7 Å². The molecule has 0 heterocycles. The van der Waals surface area contributed by atoms with Crippen LogP contribution in [0.4, 0.5) is 65.9 Å². The highest BCUT2D eigenvalue weighted by Gasteiger charge is 2.65. The second-order valence-corrected chi connectivity index (χ2v) is 8.86. The van der Waals surface area contributed by atoms with Crippen LogP contribution in [0.25, 0.3) is 0 Å². The molecule has 0 aromatic rings. The minimum atomic E-state index is -5.24. The van der Waals surface area contributed by atoms with Crippen LogP contribution in [0.3, 0.4) is 0 Å². The minimum Gasteiger partial charge on any atom is -0.220 e. The maximum Gasteiger partial charge on any atom is 0.497 e. The summed E-state index contributed by atoms with van der Waals surface area (Å²) in [5.41, 5.74) is -12.3. The molecule has 0 saturated carbocycles. The molecule has 0 atom stereocenters. The maximum atomic E-state index is 11.6. The summed E-state index contributed by atoms with van der Waals surface area (Å²) in [6.45, 7) is 13.4. The molecule has 0 amide bonds. The van der Waals surface area contributed by atoms with E-state index in [1.165, 1.54) is 0 Å². The Morgan fingerprint density at radius 3 is 0.568 bits per heavy atom. The molecular weight excluding hydrogens is 577 g/mol. The van der Waals surface area contributed by atoms with Crippen LogP contribution in [0.5, 0.6) is 0 Å². The highest BCUT2D eigenvalue weighted by molar-refractivity contribution is 7.92. The van der Waals surface area contributed by atoms with Gasteiger partial charge in [0.1, 0.15) is 0 Å². The quantitative estimate of drug-likeness (QED) is 0.276. The van der Waals surface area contributed by atoms with Crippen molar-refractivity contribution in [1.29, 1.82) is 0 Å². The summed E-state index contributed by atoms with van der Waals surface area (Å²) in [7, 11) is -4.84. The second-order valence-electron chi connectivity index (χ2n) is 6.59. The Morgan fingerprint density at radius 1 is 0.432 bits per heavy atom. The lowest BCUT2D eigenvalue weighted by molar-refractivity contribution is -0.328. The normalized spacial score (nSPS) is 12.9. The molecule has 2 nitrogen and oxygen atoms in total. The van der Waals surface area contributed by atoms with E-state index in [0.717, 1.165) is 6.92 Å². The third-order valence-corrected chi connectivity index (χ3v) is 5.03. The van der Waals surface area contributed by atoms with Gasteiger partial charge in [0.15, 0.2) is 10.8 Å². The van der Waals surface area contributed by atoms with Crippen LogP contribution in [-0.2, 0) is 9.84 Å². The van der Waals surface area contributed by atoms with E-state index in [2.05, 4.69) is 0 Å². The average Bonchev–Trinajstić information content (AvgIpc) is 2.69. The zero-order valence-corrected chi connectivity index (χ0v) is 22.9. The molecule has 0 rings (SSSR count). The fraction of sp³-hybridized carbons (Fsp3) is 1.00. The molecule has 0 saturated heterocycles. The Labute approximate surface area is 207 Å². The van der Waals surface area contributed by atoms with Crippen molar-refractivity contribution in [3.8, 4) is 0 Å². The van der Waals surface area contributed by atoms with Crippen LogP contribution in [0.1, 0.15) is 76.2 Å². The molecule has 0 radical (unpaired) electrons. The van der Waals surface area contributed by atoms with Gasteiger partial charge >= 0.3 is 30.2 Å². The first-order valence-corrected chi connectivity index (χ1v) is 12.0. The molecule has 18 heteroatoms. The first kappa shape index (κ1) is 48.9. The van der Waals surface area contributed by atoms with Crippen LogP contribution < -0.4 is 0 Å². The van der Waals surface area contributed by atoms with Crippen LogP contribution in [-0.4, -0.2) is 44.4 Å². The van der Waals surface area contributed by atoms with Crippen molar-refractivity contribution in [2.45, 2.75) is 106 Å². The zero-order valence-electron chi connectivity index (χ0n) is 22.1. The van der Waals surface area contributed by atoms with Gasteiger partial charge in [0.25, 0.3) is 0 Å². The third kappa shape index (κ3) is 17.2. The smallest absolute Gasteiger partial charge is 0.220 e. The first-order valence-electron chi connectivity index (χ1n) is 10.4. The van der Waals surface area contributed by atoms with Gasteiger partial charge in [0.2, 0.25) is 9.84 Å². The monoisotopic (exact) mass is 612 g/mol. The molecule has 0 unspecified atom stereocenters. The number of hydrogen-bond acceptors (Lipinski definition) is 2. The Balaban J connectivity index is -0.0000000884. The lowest BCUT2D eigenvalue weighted by Gasteiger charge is -2.29. The standard InChI is InChI=1S/2C5H6F6.C3H5F3O2S.3C2H6/c2*1-3(2,4(6,7)8)5(9,10)11;1-2-9(7,8)3(4,5)6;3*1-2/h2*1-2H3;2H2,1H3;3*1-2H3. The molecule has 0 fully saturated rings. The van der Waals surface area contributed by atoms with Gasteiger partial charge in [-0.25, -0.2) is 8.42 Å². The number of rotatable bonds is 1. The lowest BCUT2D eigenvalue weighted by Crippen LogP contribution is -2.44. The molecule has 0 aliphatic rings. The van der Waals surface area contributed by atoms with Crippen molar-refractivity contribution in [3.05, 3.63) is 0 Å². The highest BCUT2D eigenvalue weighted by atomic mass is 32.2. The van der Waals surface area contributed by atoms with Gasteiger partial charge in [-0.05, 0) is 27.7 Å². The van der Waals surface area contributed by atoms with E-state index in [1.807, 2.05) is 41.5 Å². The average molecular weight is 613 g/mol. The summed E-state index contributed by atoms with van der Waals surface area (Å²) in [6, 6.07) is 0. The van der Waals surface area contributed by atoms with Crippen LogP contribution in [0.2, 0.25) is 0 Å². The van der Waals surface area contributed by atoms with Crippen LogP contribution >= 0.6 is 0 Å². The molecule has 0 N–H and O–H groups in total. The van der Waals surface area contributed by atoms with Gasteiger partial charge in [-0.1, -0.05) is 48.5 Å². The molecular formula is C19H35F15O2S. The Kier molecular flexibility index (Phi) is 23.1. The van der Waals surface area contributed by atoms with Crippen molar-refractivity contribution in [1.82, 2.24) is 0 Å². The molecule has 0 aliphatic heterocycles. The first-order chi connectivity index (χ1) is 15.8. The van der Waals surface area contributed by atoms with Crippen molar-refractivity contribution >= 4 is 9.84 Å². The van der Waals surface area contributed by atoms with Gasteiger partial charge in [0.05, 0.1) is 5.75 Å². The van der Waals surface area contributed by atoms with E-state index in [0.29, 0.717) is 0 Å². The summed E-state index contributed by atoms with van der Waals surface area (Å²) < 4.78 is 193. The van der Waals surface area contributed by atoms with E-state index >= 15 is 0 Å². The number of sulfone groups is 1. The largest absolute Gasteiger partial charge is 0.497 e. The van der Waals surface area contributed by atoms with Gasteiger partial charge < -0.3 is 0 Å². The van der Waals surface area contributed by atoms with Crippen molar-refractivity contribution in [3.63, 3.8) is 0 Å². The predicted octanol–water partition coefficient (Wildman–Crippen LogP) is 10.3. The predicted molar refractivity (Wildman–Crippen MR) is 111 cm³/mol. The van der Waals surface area contributed by atoms with Crippen molar-refractivity contribution < 1.29 is 74.3 Å². The van der Waals surface area contributed by atoms with Gasteiger partial charge in [-0.15, -0.1) is 0 Å². The van der Waals surface area contributed by atoms with E-state index < -0.39 is 56.6 Å². The SMILES string of the molecule is CC.CC.CC.CC(C)(C(F)(F)F)C(F)(F)F.CC(C)(C(F)(F)F)C(F)(F)F.CCS(=O)(=O)C(F)(F)F. The number of halogens is 15. The molecule has 0 aliphatic carbocycles. The van der Waals surface area contributed by atoms with Gasteiger partial charge in [0, 0.05) is 0 Å². The molecule has 0 aromatic heterocycles. The van der Waals surface area contributed by atoms with E-state index in [1.54, 1.807) is 0 Å². The van der Waals surface area contributed by atoms with Crippen LogP contribution in [0, 0.1) is 10.8 Å². The fourth-order valence-corrected chi connectivity index (χ4v) is 0.812. The third-order valence-electron chi connectivity index (χ3n) is 3.57. The molecule has 0 spiro atoms. The second kappa shape index (κ2) is 17.5. The topological polar surface area (TPSA) is 34.1 Å². The summed E-state index contributed by atoms with van der Waals surface area (Å²) in [5.74, 6) is -0.892. The molecule has 0 aromatic carbocycles. The molecule has 0 bridgehead atoms. The van der Waals surface area contributed by atoms with E-state index in [4.69, 9.17) is 0 Å². The Bertz CT molecular complexity index is 581. The zero-order chi connectivity index (χ0) is 32.7.